The van der Waals surface area contributed by atoms with Crippen molar-refractivity contribution in [1.82, 2.24) is 24.6 Å². The molecule has 2 heterocycles. The van der Waals surface area contributed by atoms with Crippen LogP contribution >= 0.6 is 11.6 Å². The number of carbonyl (C=O) groups is 1. The zero-order valence-corrected chi connectivity index (χ0v) is 18.7. The smallest absolute Gasteiger partial charge is 0.264 e. The van der Waals surface area contributed by atoms with E-state index in [9.17, 15) is 9.59 Å². The van der Waals surface area contributed by atoms with Crippen LogP contribution in [0.5, 0.6) is 11.5 Å². The van der Waals surface area contributed by atoms with Crippen molar-refractivity contribution in [3.8, 4) is 11.5 Å². The number of hydrogen-bond acceptors (Lipinski definition) is 6. The van der Waals surface area contributed by atoms with Crippen LogP contribution < -0.4 is 20.3 Å². The van der Waals surface area contributed by atoms with Gasteiger partial charge in [-0.15, -0.1) is 0 Å². The maximum atomic E-state index is 12.8. The van der Waals surface area contributed by atoms with Crippen LogP contribution in [0.3, 0.4) is 0 Å². The van der Waals surface area contributed by atoms with Crippen molar-refractivity contribution in [2.75, 3.05) is 20.3 Å². The van der Waals surface area contributed by atoms with Crippen molar-refractivity contribution in [3.63, 3.8) is 0 Å². The number of ether oxygens (including phenoxy) is 2. The minimum absolute atomic E-state index is 0.112. The summed E-state index contributed by atoms with van der Waals surface area (Å²) in [5.41, 5.74) is 1.17. The lowest BCUT2D eigenvalue weighted by molar-refractivity contribution is -0.123. The van der Waals surface area contributed by atoms with Crippen LogP contribution in [0.25, 0.3) is 11.0 Å². The van der Waals surface area contributed by atoms with Crippen LogP contribution in [0.2, 0.25) is 5.02 Å². The van der Waals surface area contributed by atoms with Gasteiger partial charge in [0.25, 0.3) is 11.5 Å². The molecule has 9 nitrogen and oxygen atoms in total. The second-order valence-corrected chi connectivity index (χ2v) is 7.66. The van der Waals surface area contributed by atoms with Crippen molar-refractivity contribution in [3.05, 3.63) is 82.0 Å². The van der Waals surface area contributed by atoms with E-state index in [1.807, 2.05) is 18.2 Å². The summed E-state index contributed by atoms with van der Waals surface area (Å²) in [4.78, 5) is 29.3. The van der Waals surface area contributed by atoms with Crippen molar-refractivity contribution >= 4 is 28.5 Å². The number of amides is 1. The molecule has 0 atom stereocenters. The van der Waals surface area contributed by atoms with Gasteiger partial charge in [0.1, 0.15) is 23.2 Å². The summed E-state index contributed by atoms with van der Waals surface area (Å²) < 4.78 is 13.6. The maximum Gasteiger partial charge on any atom is 0.264 e. The summed E-state index contributed by atoms with van der Waals surface area (Å²) in [5.74, 6) is 1.02. The Hall–Kier alpha value is -3.85. The zero-order chi connectivity index (χ0) is 23.2. The van der Waals surface area contributed by atoms with Gasteiger partial charge in [-0.05, 0) is 42.0 Å². The molecular formula is C23H22ClN5O4. The lowest BCUT2D eigenvalue weighted by Gasteiger charge is -2.09. The number of carbonyl (C=O) groups excluding carboxylic acids is 1. The predicted octanol–water partition coefficient (Wildman–Crippen LogP) is 2.50. The van der Waals surface area contributed by atoms with Gasteiger partial charge in [0.2, 0.25) is 0 Å². The average molecular weight is 468 g/mol. The van der Waals surface area contributed by atoms with E-state index >= 15 is 0 Å². The quantitative estimate of drug-likeness (QED) is 0.406. The van der Waals surface area contributed by atoms with Crippen molar-refractivity contribution < 1.29 is 14.3 Å². The Morgan fingerprint density at radius 3 is 2.70 bits per heavy atom. The Kier molecular flexibility index (Phi) is 6.89. The number of methoxy groups -OCH3 is 1. The van der Waals surface area contributed by atoms with Gasteiger partial charge >= 0.3 is 0 Å². The Morgan fingerprint density at radius 1 is 1.15 bits per heavy atom. The second-order valence-electron chi connectivity index (χ2n) is 7.23. The standard InChI is InChI=1S/C23H22ClN5O4/c1-32-18-5-7-19(8-6-18)33-14-21(30)25-9-10-29-22-20(12-27-29)23(31)28(15-26-22)13-16-3-2-4-17(24)11-16/h2-8,11-12,15H,9-10,13-14H2,1H3,(H,25,30). The molecule has 0 aliphatic carbocycles. The van der Waals surface area contributed by atoms with Gasteiger partial charge in [-0.3, -0.25) is 14.2 Å². The zero-order valence-electron chi connectivity index (χ0n) is 17.9. The largest absolute Gasteiger partial charge is 0.497 e. The number of nitrogens with zero attached hydrogens (tertiary/aromatic N) is 4. The Labute approximate surface area is 194 Å². The third-order valence-electron chi connectivity index (χ3n) is 4.94. The van der Waals surface area contributed by atoms with E-state index in [4.69, 9.17) is 21.1 Å². The fourth-order valence-corrected chi connectivity index (χ4v) is 3.49. The van der Waals surface area contributed by atoms with Crippen molar-refractivity contribution in [2.24, 2.45) is 0 Å². The van der Waals surface area contributed by atoms with Crippen molar-refractivity contribution in [1.29, 1.82) is 0 Å². The molecule has 0 unspecified atom stereocenters. The molecule has 1 N–H and O–H groups in total. The summed E-state index contributed by atoms with van der Waals surface area (Å²) in [7, 11) is 1.58. The van der Waals surface area contributed by atoms with Gasteiger partial charge in [-0.25, -0.2) is 9.67 Å². The highest BCUT2D eigenvalue weighted by Gasteiger charge is 2.11. The van der Waals surface area contributed by atoms with Gasteiger partial charge in [-0.2, -0.15) is 5.10 Å². The number of hydrogen-bond donors (Lipinski definition) is 1. The van der Waals surface area contributed by atoms with E-state index in [2.05, 4.69) is 15.4 Å². The fourth-order valence-electron chi connectivity index (χ4n) is 3.28. The van der Waals surface area contributed by atoms with Crippen LogP contribution in [-0.2, 0) is 17.9 Å². The molecule has 33 heavy (non-hydrogen) atoms. The van der Waals surface area contributed by atoms with E-state index in [1.54, 1.807) is 42.1 Å². The summed E-state index contributed by atoms with van der Waals surface area (Å²) in [6.45, 7) is 0.924. The first-order valence-corrected chi connectivity index (χ1v) is 10.6. The first-order valence-electron chi connectivity index (χ1n) is 10.2. The minimum Gasteiger partial charge on any atom is -0.497 e. The summed E-state index contributed by atoms with van der Waals surface area (Å²) >= 11 is 6.02. The first-order chi connectivity index (χ1) is 16.0. The average Bonchev–Trinajstić information content (AvgIpc) is 3.23. The fraction of sp³-hybridized carbons (Fsp3) is 0.217. The molecule has 4 rings (SSSR count). The number of rotatable bonds is 9. The molecule has 0 fully saturated rings. The second kappa shape index (κ2) is 10.2. The summed E-state index contributed by atoms with van der Waals surface area (Å²) in [6.07, 6.45) is 2.98. The van der Waals surface area contributed by atoms with E-state index in [-0.39, 0.29) is 18.1 Å². The lowest BCUT2D eigenvalue weighted by Crippen LogP contribution is -2.31. The van der Waals surface area contributed by atoms with E-state index < -0.39 is 0 Å². The van der Waals surface area contributed by atoms with E-state index in [1.165, 1.54) is 17.1 Å². The molecule has 2 aromatic heterocycles. The third-order valence-corrected chi connectivity index (χ3v) is 5.17. The number of fused-ring (bicyclic) bond motifs is 1. The highest BCUT2D eigenvalue weighted by Crippen LogP contribution is 2.16. The molecule has 2 aromatic carbocycles. The van der Waals surface area contributed by atoms with Crippen LogP contribution in [-0.4, -0.2) is 45.5 Å². The Bertz CT molecular complexity index is 1320. The molecule has 0 radical (unpaired) electrons. The molecule has 0 saturated heterocycles. The molecule has 0 spiro atoms. The van der Waals surface area contributed by atoms with E-state index in [0.29, 0.717) is 47.2 Å². The van der Waals surface area contributed by atoms with Crippen LogP contribution in [0.4, 0.5) is 0 Å². The number of halogens is 1. The maximum absolute atomic E-state index is 12.8. The number of benzene rings is 2. The van der Waals surface area contributed by atoms with Crippen LogP contribution in [0.1, 0.15) is 5.56 Å². The minimum atomic E-state index is -0.265. The SMILES string of the molecule is COc1ccc(OCC(=O)NCCn2ncc3c(=O)n(Cc4cccc(Cl)c4)cnc32)cc1. The highest BCUT2D eigenvalue weighted by molar-refractivity contribution is 6.30. The van der Waals surface area contributed by atoms with Crippen molar-refractivity contribution in [2.45, 2.75) is 13.1 Å². The number of nitrogens with one attached hydrogen (secondary N) is 1. The molecule has 0 aliphatic heterocycles. The van der Waals surface area contributed by atoms with Gasteiger partial charge in [0, 0.05) is 11.6 Å². The summed E-state index contributed by atoms with van der Waals surface area (Å²) in [5, 5.41) is 8.04. The lowest BCUT2D eigenvalue weighted by atomic mass is 10.2. The molecule has 0 saturated carbocycles. The Morgan fingerprint density at radius 2 is 1.94 bits per heavy atom. The molecule has 1 amide bonds. The Balaban J connectivity index is 1.32. The van der Waals surface area contributed by atoms with E-state index in [0.717, 1.165) is 5.56 Å². The van der Waals surface area contributed by atoms with Gasteiger partial charge in [-0.1, -0.05) is 23.7 Å². The van der Waals surface area contributed by atoms with Crippen LogP contribution in [0.15, 0.2) is 65.8 Å². The number of aromatic nitrogens is 4. The third kappa shape index (κ3) is 5.50. The topological polar surface area (TPSA) is 100 Å². The molecule has 170 valence electrons. The van der Waals surface area contributed by atoms with Crippen LogP contribution in [0, 0.1) is 0 Å². The first kappa shape index (κ1) is 22.3. The predicted molar refractivity (Wildman–Crippen MR) is 124 cm³/mol. The summed E-state index contributed by atoms with van der Waals surface area (Å²) in [6, 6.07) is 14.3. The highest BCUT2D eigenvalue weighted by atomic mass is 35.5. The van der Waals surface area contributed by atoms with Gasteiger partial charge < -0.3 is 14.8 Å². The molecular weight excluding hydrogens is 446 g/mol. The molecule has 0 aliphatic rings. The van der Waals surface area contributed by atoms with Gasteiger partial charge in [0.15, 0.2) is 12.3 Å². The normalized spacial score (nSPS) is 10.8. The molecule has 10 heteroatoms. The monoisotopic (exact) mass is 467 g/mol. The van der Waals surface area contributed by atoms with Gasteiger partial charge in [0.05, 0.1) is 26.4 Å². The molecule has 4 aromatic rings. The molecule has 0 bridgehead atoms.